The van der Waals surface area contributed by atoms with E-state index in [1.54, 1.807) is 6.08 Å². The van der Waals surface area contributed by atoms with Gasteiger partial charge in [0.05, 0.1) is 46.2 Å². The van der Waals surface area contributed by atoms with Gasteiger partial charge in [0.15, 0.2) is 18.9 Å². The highest BCUT2D eigenvalue weighted by Gasteiger charge is 2.56. The molecule has 0 saturated carbocycles. The Balaban J connectivity index is 1.18. The average Bonchev–Trinajstić information content (AvgIpc) is 3.38. The second-order valence-corrected chi connectivity index (χ2v) is 19.1. The third-order valence-corrected chi connectivity index (χ3v) is 11.9. The first-order valence-corrected chi connectivity index (χ1v) is 23.9. The van der Waals surface area contributed by atoms with Gasteiger partial charge in [0.1, 0.15) is 55.4 Å². The van der Waals surface area contributed by atoms with Crippen molar-refractivity contribution < 1.29 is 56.9 Å². The van der Waals surface area contributed by atoms with Gasteiger partial charge in [-0.05, 0) is 22.3 Å². The van der Waals surface area contributed by atoms with Crippen molar-refractivity contribution >= 4 is 40.9 Å². The number of alkyl halides is 3. The summed E-state index contributed by atoms with van der Waals surface area (Å²) < 4.78 is 70.9. The third kappa shape index (κ3) is 14.8. The fraction of sp³-hybridized carbons (Fsp3) is 0.377. The standard InChI is InChI=1S/C53H56Cl3NO12/c1-2-28-60-50-43(57-52(58)65-35-53(54,55)56)46(61-30-37-20-10-4-11-21-37)44(41(66-50)33-59-29-36-18-8-3-9-19-36)69-51-48(63-32-39-24-14-6-15-25-39)47(62-31-38-22-12-5-13-23-38)45-42(67-51)34-64-49(68-45)40-26-16-7-17-27-40/h2-27,41-51H,1,28-35H2,(H,57,58)/t41-,42-,43-,44-,45-,46-,47+,48+,49?,50+,51+/m1/s1. The highest BCUT2D eigenvalue weighted by molar-refractivity contribution is 6.67. The molecule has 1 N–H and O–H groups in total. The van der Waals surface area contributed by atoms with Gasteiger partial charge in [-0.2, -0.15) is 0 Å². The van der Waals surface area contributed by atoms with Crippen LogP contribution in [-0.2, 0) is 78.5 Å². The summed E-state index contributed by atoms with van der Waals surface area (Å²) >= 11 is 18.0. The fourth-order valence-corrected chi connectivity index (χ4v) is 8.47. The number of carbonyl (C=O) groups excluding carboxylic acids is 1. The van der Waals surface area contributed by atoms with Crippen molar-refractivity contribution in [1.82, 2.24) is 5.32 Å². The summed E-state index contributed by atoms with van der Waals surface area (Å²) in [6.45, 7) is 4.22. The molecule has 0 bridgehead atoms. The zero-order valence-electron chi connectivity index (χ0n) is 37.8. The smallest absolute Gasteiger partial charge is 0.407 e. The quantitative estimate of drug-likeness (QED) is 0.0555. The SMILES string of the molecule is C=CCO[C@H]1O[C@H](COCc2ccccc2)[C@@H](O[C@@H]2O[C@@H]3COC(c4ccccc4)O[C@H]3[C@H](OCc3ccccc3)[C@@H]2OCc2ccccc2)[C@H](OCc2ccccc2)[C@H]1NC(=O)OCC(Cl)(Cl)Cl. The monoisotopic (exact) mass is 1000 g/mol. The molecule has 8 rings (SSSR count). The van der Waals surface area contributed by atoms with Gasteiger partial charge in [0, 0.05) is 5.56 Å². The summed E-state index contributed by atoms with van der Waals surface area (Å²) in [6, 6.07) is 47.6. The van der Waals surface area contributed by atoms with Gasteiger partial charge in [-0.15, -0.1) is 6.58 Å². The molecule has 5 aromatic carbocycles. The molecule has 3 heterocycles. The van der Waals surface area contributed by atoms with Crippen LogP contribution in [0.1, 0.15) is 34.1 Å². The number of rotatable bonds is 21. The minimum absolute atomic E-state index is 0.00361. The Morgan fingerprint density at radius 1 is 0.623 bits per heavy atom. The number of alkyl carbamates (subject to hydrolysis) is 1. The molecule has 16 heteroatoms. The number of hydrogen-bond donors (Lipinski definition) is 1. The van der Waals surface area contributed by atoms with Crippen LogP contribution in [0.5, 0.6) is 0 Å². The highest BCUT2D eigenvalue weighted by atomic mass is 35.6. The van der Waals surface area contributed by atoms with Crippen molar-refractivity contribution in [1.29, 1.82) is 0 Å². The number of hydrogen-bond acceptors (Lipinski definition) is 12. The molecule has 69 heavy (non-hydrogen) atoms. The maximum Gasteiger partial charge on any atom is 0.407 e. The van der Waals surface area contributed by atoms with Gasteiger partial charge >= 0.3 is 6.09 Å². The molecule has 366 valence electrons. The lowest BCUT2D eigenvalue weighted by atomic mass is 9.94. The van der Waals surface area contributed by atoms with Crippen LogP contribution in [0.15, 0.2) is 164 Å². The first-order chi connectivity index (χ1) is 33.7. The van der Waals surface area contributed by atoms with Crippen molar-refractivity contribution in [3.63, 3.8) is 0 Å². The maximum absolute atomic E-state index is 13.6. The predicted octanol–water partition coefficient (Wildman–Crippen LogP) is 9.58. The predicted molar refractivity (Wildman–Crippen MR) is 258 cm³/mol. The number of halogens is 3. The largest absolute Gasteiger partial charge is 0.445 e. The molecule has 0 radical (unpaired) electrons. The number of carbonyl (C=O) groups is 1. The number of nitrogens with one attached hydrogen (secondary N) is 1. The van der Waals surface area contributed by atoms with Crippen molar-refractivity contribution in [2.24, 2.45) is 0 Å². The minimum atomic E-state index is -1.88. The second-order valence-electron chi connectivity index (χ2n) is 16.6. The van der Waals surface area contributed by atoms with Crippen molar-refractivity contribution in [2.45, 2.75) is 97.9 Å². The molecule has 1 amide bonds. The highest BCUT2D eigenvalue weighted by Crippen LogP contribution is 2.40. The summed E-state index contributed by atoms with van der Waals surface area (Å²) in [5, 5.41) is 2.87. The second kappa shape index (κ2) is 25.6. The Morgan fingerprint density at radius 2 is 1.14 bits per heavy atom. The number of ether oxygens (including phenoxy) is 11. The van der Waals surface area contributed by atoms with Gasteiger partial charge in [-0.3, -0.25) is 0 Å². The van der Waals surface area contributed by atoms with E-state index in [4.69, 9.17) is 86.9 Å². The average molecular weight is 1010 g/mol. The van der Waals surface area contributed by atoms with Crippen LogP contribution in [0, 0.1) is 0 Å². The Labute approximate surface area is 417 Å². The van der Waals surface area contributed by atoms with E-state index in [0.29, 0.717) is 0 Å². The Bertz CT molecular complexity index is 2290. The fourth-order valence-electron chi connectivity index (χ4n) is 8.31. The third-order valence-electron chi connectivity index (χ3n) is 11.6. The van der Waals surface area contributed by atoms with Crippen LogP contribution in [-0.4, -0.2) is 97.7 Å². The van der Waals surface area contributed by atoms with E-state index in [0.717, 1.165) is 27.8 Å². The van der Waals surface area contributed by atoms with E-state index in [9.17, 15) is 4.79 Å². The molecule has 0 spiro atoms. The molecule has 11 atom stereocenters. The molecule has 3 fully saturated rings. The first kappa shape index (κ1) is 51.0. The topological polar surface area (TPSA) is 131 Å². The molecule has 3 aliphatic rings. The summed E-state index contributed by atoms with van der Waals surface area (Å²) in [4.78, 5) is 13.6. The molecule has 1 unspecified atom stereocenters. The van der Waals surface area contributed by atoms with Crippen LogP contribution >= 0.6 is 34.8 Å². The van der Waals surface area contributed by atoms with Crippen LogP contribution in [0.4, 0.5) is 4.79 Å². The molecule has 0 aromatic heterocycles. The summed E-state index contributed by atoms with van der Waals surface area (Å²) in [5.41, 5.74) is 4.48. The Morgan fingerprint density at radius 3 is 1.70 bits per heavy atom. The van der Waals surface area contributed by atoms with E-state index in [1.165, 1.54) is 0 Å². The first-order valence-electron chi connectivity index (χ1n) is 22.8. The van der Waals surface area contributed by atoms with E-state index in [1.807, 2.05) is 152 Å². The lowest BCUT2D eigenvalue weighted by Crippen LogP contribution is -2.69. The van der Waals surface area contributed by atoms with Crippen molar-refractivity contribution in [3.8, 4) is 0 Å². The van der Waals surface area contributed by atoms with E-state index >= 15 is 0 Å². The molecule has 5 aromatic rings. The summed E-state index contributed by atoms with van der Waals surface area (Å²) in [6.07, 6.45) is -8.46. The number of fused-ring (bicyclic) bond motifs is 1. The van der Waals surface area contributed by atoms with E-state index < -0.39 is 84.1 Å². The van der Waals surface area contributed by atoms with Crippen LogP contribution in [0.3, 0.4) is 0 Å². The van der Waals surface area contributed by atoms with Gasteiger partial charge in [-0.1, -0.05) is 193 Å². The van der Waals surface area contributed by atoms with E-state index in [-0.39, 0.29) is 46.2 Å². The zero-order chi connectivity index (χ0) is 47.8. The van der Waals surface area contributed by atoms with Crippen molar-refractivity contribution in [3.05, 3.63) is 192 Å². The van der Waals surface area contributed by atoms with Crippen LogP contribution in [0.2, 0.25) is 0 Å². The van der Waals surface area contributed by atoms with Crippen LogP contribution in [0.25, 0.3) is 0 Å². The molecular weight excluding hydrogens is 949 g/mol. The number of amides is 1. The summed E-state index contributed by atoms with van der Waals surface area (Å²) in [5.74, 6) is 0. The van der Waals surface area contributed by atoms with Gasteiger partial charge in [0.25, 0.3) is 0 Å². The van der Waals surface area contributed by atoms with Gasteiger partial charge < -0.3 is 57.4 Å². The molecule has 13 nitrogen and oxygen atoms in total. The molecular formula is C53H56Cl3NO12. The molecule has 3 saturated heterocycles. The minimum Gasteiger partial charge on any atom is -0.445 e. The van der Waals surface area contributed by atoms with Gasteiger partial charge in [0.2, 0.25) is 3.79 Å². The lowest BCUT2D eigenvalue weighted by Gasteiger charge is -2.51. The van der Waals surface area contributed by atoms with Crippen LogP contribution < -0.4 is 5.32 Å². The normalized spacial score (nSPS) is 26.9. The maximum atomic E-state index is 13.6. The molecule has 0 aliphatic carbocycles. The zero-order valence-corrected chi connectivity index (χ0v) is 40.0. The summed E-state index contributed by atoms with van der Waals surface area (Å²) in [7, 11) is 0. The van der Waals surface area contributed by atoms with Gasteiger partial charge in [-0.25, -0.2) is 4.79 Å². The molecule has 3 aliphatic heterocycles. The van der Waals surface area contributed by atoms with Crippen molar-refractivity contribution in [2.75, 3.05) is 26.4 Å². The van der Waals surface area contributed by atoms with E-state index in [2.05, 4.69) is 11.9 Å². The lowest BCUT2D eigenvalue weighted by molar-refractivity contribution is -0.391. The number of benzene rings is 5. The Hall–Kier alpha value is -4.42. The Kier molecular flexibility index (Phi) is 18.9.